The molecule has 7 nitrogen and oxygen atoms in total. The van der Waals surface area contributed by atoms with Crippen molar-refractivity contribution in [3.63, 3.8) is 0 Å². The van der Waals surface area contributed by atoms with E-state index in [4.69, 9.17) is 5.21 Å². The van der Waals surface area contributed by atoms with Crippen molar-refractivity contribution in [1.82, 2.24) is 24.5 Å². The van der Waals surface area contributed by atoms with Crippen molar-refractivity contribution in [3.8, 4) is 5.69 Å². The molecule has 3 heterocycles. The average molecular weight is 386 g/mol. The second-order valence-corrected chi connectivity index (χ2v) is 6.03. The number of halogens is 3. The maximum atomic E-state index is 12.7. The summed E-state index contributed by atoms with van der Waals surface area (Å²) in [6.07, 6.45) is 1.99. The van der Waals surface area contributed by atoms with E-state index in [9.17, 15) is 13.2 Å². The summed E-state index contributed by atoms with van der Waals surface area (Å²) < 4.78 is 41.3. The molecule has 3 aromatic heterocycles. The summed E-state index contributed by atoms with van der Waals surface area (Å²) >= 11 is 0. The molecule has 142 valence electrons. The highest BCUT2D eigenvalue weighted by Crippen LogP contribution is 2.29. The van der Waals surface area contributed by atoms with Gasteiger partial charge in [0.05, 0.1) is 30.2 Å². The van der Waals surface area contributed by atoms with Crippen LogP contribution in [0.4, 0.5) is 13.2 Å². The van der Waals surface area contributed by atoms with E-state index in [2.05, 4.69) is 20.5 Å². The van der Waals surface area contributed by atoms with Crippen molar-refractivity contribution in [2.24, 2.45) is 5.16 Å². The molecule has 0 radical (unpaired) electrons. The molecule has 0 saturated heterocycles. The summed E-state index contributed by atoms with van der Waals surface area (Å²) in [6, 6.07) is 8.31. The van der Waals surface area contributed by atoms with Gasteiger partial charge < -0.3 is 9.77 Å². The van der Waals surface area contributed by atoms with Gasteiger partial charge in [-0.1, -0.05) is 10.4 Å². The maximum Gasteiger partial charge on any atom is 0.416 e. The lowest BCUT2D eigenvalue weighted by Gasteiger charge is -2.07. The minimum Gasteiger partial charge on any atom is -0.411 e. The third-order valence-electron chi connectivity index (χ3n) is 4.19. The quantitative estimate of drug-likeness (QED) is 0.331. The van der Waals surface area contributed by atoms with Gasteiger partial charge in [-0.2, -0.15) is 13.2 Å². The van der Waals surface area contributed by atoms with Gasteiger partial charge in [0.1, 0.15) is 11.3 Å². The van der Waals surface area contributed by atoms with Crippen molar-refractivity contribution in [1.29, 1.82) is 0 Å². The summed E-state index contributed by atoms with van der Waals surface area (Å²) in [7, 11) is 0. The Morgan fingerprint density at radius 1 is 1.11 bits per heavy atom. The van der Waals surface area contributed by atoms with Crippen LogP contribution in [0.1, 0.15) is 16.8 Å². The van der Waals surface area contributed by atoms with E-state index in [0.29, 0.717) is 29.1 Å². The van der Waals surface area contributed by atoms with Crippen molar-refractivity contribution in [2.45, 2.75) is 12.7 Å². The third kappa shape index (κ3) is 3.31. The molecule has 4 aromatic rings. The van der Waals surface area contributed by atoms with Crippen molar-refractivity contribution >= 4 is 17.2 Å². The van der Waals surface area contributed by atoms with Crippen LogP contribution in [0.25, 0.3) is 16.7 Å². The van der Waals surface area contributed by atoms with Crippen molar-refractivity contribution < 1.29 is 18.4 Å². The van der Waals surface area contributed by atoms with Crippen LogP contribution in [-0.4, -0.2) is 36.0 Å². The van der Waals surface area contributed by atoms with Crippen LogP contribution in [-0.2, 0) is 12.7 Å². The fourth-order valence-electron chi connectivity index (χ4n) is 2.91. The first-order valence-corrected chi connectivity index (χ1v) is 8.16. The molecule has 0 unspecified atom stereocenters. The number of rotatable bonds is 4. The molecular weight excluding hydrogens is 373 g/mol. The molecule has 28 heavy (non-hydrogen) atoms. The van der Waals surface area contributed by atoms with Crippen LogP contribution < -0.4 is 0 Å². The van der Waals surface area contributed by atoms with Gasteiger partial charge in [0, 0.05) is 23.3 Å². The molecule has 1 aromatic carbocycles. The fraction of sp³-hybridized carbons (Fsp3) is 0.111. The van der Waals surface area contributed by atoms with Gasteiger partial charge >= 0.3 is 6.18 Å². The SMILES string of the molecule is O/N=C/c1cn(Cc2cn(-c3ccc(C(F)(F)F)cc3)nn2)c2ncccc12. The lowest BCUT2D eigenvalue weighted by molar-refractivity contribution is -0.137. The van der Waals surface area contributed by atoms with Gasteiger partial charge in [-0.25, -0.2) is 9.67 Å². The van der Waals surface area contributed by atoms with Crippen molar-refractivity contribution in [3.05, 3.63) is 71.8 Å². The van der Waals surface area contributed by atoms with E-state index < -0.39 is 11.7 Å². The number of benzene rings is 1. The highest BCUT2D eigenvalue weighted by molar-refractivity contribution is 5.97. The second-order valence-electron chi connectivity index (χ2n) is 6.03. The van der Waals surface area contributed by atoms with E-state index >= 15 is 0 Å². The zero-order valence-electron chi connectivity index (χ0n) is 14.2. The van der Waals surface area contributed by atoms with Gasteiger partial charge in [0.2, 0.25) is 0 Å². The summed E-state index contributed by atoms with van der Waals surface area (Å²) in [5.74, 6) is 0. The van der Waals surface area contributed by atoms with Crippen LogP contribution in [0.15, 0.2) is 60.1 Å². The standard InChI is InChI=1S/C18H13F3N6O/c19-18(20,21)13-3-5-15(6-4-13)27-11-14(24-25-27)10-26-9-12(8-23-28)16-2-1-7-22-17(16)26/h1-9,11,28H,10H2/b23-8+. The highest BCUT2D eigenvalue weighted by atomic mass is 19.4. The molecule has 0 aliphatic heterocycles. The van der Waals surface area contributed by atoms with Crippen LogP contribution >= 0.6 is 0 Å². The maximum absolute atomic E-state index is 12.7. The fourth-order valence-corrected chi connectivity index (χ4v) is 2.91. The summed E-state index contributed by atoms with van der Waals surface area (Å²) in [4.78, 5) is 4.34. The predicted molar refractivity (Wildman–Crippen MR) is 94.6 cm³/mol. The van der Waals surface area contributed by atoms with Gasteiger partial charge in [0.25, 0.3) is 0 Å². The third-order valence-corrected chi connectivity index (χ3v) is 4.19. The zero-order valence-corrected chi connectivity index (χ0v) is 14.2. The number of nitrogens with zero attached hydrogens (tertiary/aromatic N) is 6. The molecule has 0 aliphatic rings. The molecule has 0 amide bonds. The first-order valence-electron chi connectivity index (χ1n) is 8.16. The monoisotopic (exact) mass is 386 g/mol. The molecule has 1 N–H and O–H groups in total. The van der Waals surface area contributed by atoms with Crippen LogP contribution in [0.2, 0.25) is 0 Å². The van der Waals surface area contributed by atoms with E-state index in [-0.39, 0.29) is 0 Å². The van der Waals surface area contributed by atoms with E-state index in [0.717, 1.165) is 17.5 Å². The van der Waals surface area contributed by atoms with Gasteiger partial charge in [-0.05, 0) is 36.4 Å². The Hall–Kier alpha value is -3.69. The van der Waals surface area contributed by atoms with Crippen LogP contribution in [0.3, 0.4) is 0 Å². The lowest BCUT2D eigenvalue weighted by atomic mass is 10.2. The number of oxime groups is 1. The van der Waals surface area contributed by atoms with Crippen LogP contribution in [0, 0.1) is 0 Å². The molecule has 0 aliphatic carbocycles. The molecule has 4 rings (SSSR count). The number of fused-ring (bicyclic) bond motifs is 1. The summed E-state index contributed by atoms with van der Waals surface area (Å²) in [5.41, 5.74) is 1.71. The first kappa shape index (κ1) is 17.7. The number of hydrogen-bond acceptors (Lipinski definition) is 5. The average Bonchev–Trinajstić information content (AvgIpc) is 3.28. The molecule has 0 fully saturated rings. The normalized spacial score (nSPS) is 12.2. The highest BCUT2D eigenvalue weighted by Gasteiger charge is 2.30. The molecule has 0 atom stereocenters. The van der Waals surface area contributed by atoms with Gasteiger partial charge in [-0.15, -0.1) is 5.10 Å². The van der Waals surface area contributed by atoms with Gasteiger partial charge in [-0.3, -0.25) is 0 Å². The number of aromatic nitrogens is 5. The molecular formula is C18H13F3N6O. The number of hydrogen-bond donors (Lipinski definition) is 1. The minimum atomic E-state index is -4.38. The molecule has 0 spiro atoms. The van der Waals surface area contributed by atoms with Crippen LogP contribution in [0.5, 0.6) is 0 Å². The first-order chi connectivity index (χ1) is 13.5. The smallest absolute Gasteiger partial charge is 0.411 e. The Labute approximate surface area is 156 Å². The van der Waals surface area contributed by atoms with E-state index in [1.165, 1.54) is 23.0 Å². The largest absolute Gasteiger partial charge is 0.416 e. The molecule has 0 saturated carbocycles. The van der Waals surface area contributed by atoms with Crippen molar-refractivity contribution in [2.75, 3.05) is 0 Å². The molecule has 10 heteroatoms. The Morgan fingerprint density at radius 3 is 2.61 bits per heavy atom. The zero-order chi connectivity index (χ0) is 19.7. The summed E-state index contributed by atoms with van der Waals surface area (Å²) in [5, 5.41) is 20.8. The Bertz CT molecular complexity index is 1140. The second kappa shape index (κ2) is 6.80. The molecule has 0 bridgehead atoms. The van der Waals surface area contributed by atoms with E-state index in [1.54, 1.807) is 24.7 Å². The Kier molecular flexibility index (Phi) is 4.30. The number of pyridine rings is 1. The Balaban J connectivity index is 1.62. The number of alkyl halides is 3. The predicted octanol–water partition coefficient (Wildman–Crippen LogP) is 3.49. The minimum absolute atomic E-state index is 0.341. The summed E-state index contributed by atoms with van der Waals surface area (Å²) in [6.45, 7) is 0.341. The lowest BCUT2D eigenvalue weighted by Crippen LogP contribution is -2.05. The van der Waals surface area contributed by atoms with Gasteiger partial charge in [0.15, 0.2) is 0 Å². The van der Waals surface area contributed by atoms with E-state index in [1.807, 2.05) is 10.6 Å². The topological polar surface area (TPSA) is 81.1 Å². The Morgan fingerprint density at radius 2 is 1.89 bits per heavy atom.